The Bertz CT molecular complexity index is 1570. The van der Waals surface area contributed by atoms with Crippen LogP contribution in [0.2, 0.25) is 0 Å². The fraction of sp³-hybridized carbons (Fsp3) is 0.160. The second kappa shape index (κ2) is 9.57. The summed E-state index contributed by atoms with van der Waals surface area (Å²) in [5.41, 5.74) is 1.13. The van der Waals surface area contributed by atoms with Crippen molar-refractivity contribution in [3.05, 3.63) is 83.2 Å². The van der Waals surface area contributed by atoms with Crippen LogP contribution in [0.5, 0.6) is 5.75 Å². The number of hydrogen-bond acceptors (Lipinski definition) is 5. The van der Waals surface area contributed by atoms with E-state index < -0.39 is 33.4 Å². The molecule has 0 fully saturated rings. The Balaban J connectivity index is 1.90. The normalized spacial score (nSPS) is 11.5. The van der Waals surface area contributed by atoms with Crippen LogP contribution in [0, 0.1) is 17.5 Å². The molecule has 1 heterocycles. The maximum atomic E-state index is 13.6. The van der Waals surface area contributed by atoms with E-state index in [9.17, 15) is 26.4 Å². The van der Waals surface area contributed by atoms with Gasteiger partial charge in [-0.3, -0.25) is 9.10 Å². The number of benzene rings is 3. The van der Waals surface area contributed by atoms with E-state index in [0.29, 0.717) is 16.5 Å². The molecule has 0 atom stereocenters. The van der Waals surface area contributed by atoms with Gasteiger partial charge in [0.15, 0.2) is 11.6 Å². The van der Waals surface area contributed by atoms with Gasteiger partial charge in [0.05, 0.1) is 17.5 Å². The minimum Gasteiger partial charge on any atom is -0.487 e. The first-order valence-corrected chi connectivity index (χ1v) is 12.4. The average molecular weight is 519 g/mol. The van der Waals surface area contributed by atoms with Crippen molar-refractivity contribution in [3.8, 4) is 17.1 Å². The van der Waals surface area contributed by atoms with E-state index in [1.807, 2.05) is 0 Å². The summed E-state index contributed by atoms with van der Waals surface area (Å²) in [5, 5.41) is 2.84. The van der Waals surface area contributed by atoms with Crippen molar-refractivity contribution in [1.82, 2.24) is 5.32 Å². The first-order chi connectivity index (χ1) is 17.0. The fourth-order valence-electron chi connectivity index (χ4n) is 3.60. The van der Waals surface area contributed by atoms with Crippen LogP contribution < -0.4 is 14.4 Å². The molecule has 0 aliphatic heterocycles. The molecule has 3 aromatic carbocycles. The molecule has 4 aromatic rings. The molecular weight excluding hydrogens is 497 g/mol. The lowest BCUT2D eigenvalue weighted by Crippen LogP contribution is -2.25. The number of fused-ring (bicyclic) bond motifs is 1. The predicted molar refractivity (Wildman–Crippen MR) is 129 cm³/mol. The topological polar surface area (TPSA) is 88.9 Å². The van der Waals surface area contributed by atoms with Gasteiger partial charge >= 0.3 is 0 Å². The molecule has 0 saturated carbocycles. The van der Waals surface area contributed by atoms with E-state index in [-0.39, 0.29) is 35.0 Å². The Morgan fingerprint density at radius 3 is 2.33 bits per heavy atom. The number of carbonyl (C=O) groups is 1. The van der Waals surface area contributed by atoms with Crippen LogP contribution in [0.15, 0.2) is 59.0 Å². The van der Waals surface area contributed by atoms with E-state index in [1.54, 1.807) is 0 Å². The van der Waals surface area contributed by atoms with E-state index in [2.05, 4.69) is 5.32 Å². The number of furan rings is 1. The van der Waals surface area contributed by atoms with Crippen LogP contribution in [0.25, 0.3) is 22.3 Å². The standard InChI is InChI=1S/C25H21F3N2O5S/c1-29-25(31)23-17-11-22(34-13-14-4-9-18(27)19(28)10-14)20(30(2)36(3,32)33)12-21(17)35-24(23)15-5-7-16(26)8-6-15/h4-12H,13H2,1-3H3,(H,29,31). The second-order valence-corrected chi connectivity index (χ2v) is 9.99. The number of rotatable bonds is 7. The number of halogens is 3. The third-order valence-electron chi connectivity index (χ3n) is 5.55. The summed E-state index contributed by atoms with van der Waals surface area (Å²) in [6.45, 7) is -0.217. The van der Waals surface area contributed by atoms with Gasteiger partial charge in [0, 0.05) is 31.1 Å². The zero-order valence-corrected chi connectivity index (χ0v) is 20.3. The molecule has 4 rings (SSSR count). The zero-order valence-electron chi connectivity index (χ0n) is 19.4. The lowest BCUT2D eigenvalue weighted by Gasteiger charge is -2.20. The van der Waals surface area contributed by atoms with Crippen LogP contribution >= 0.6 is 0 Å². The number of anilines is 1. The van der Waals surface area contributed by atoms with Crippen molar-refractivity contribution in [2.75, 3.05) is 24.7 Å². The van der Waals surface area contributed by atoms with E-state index in [4.69, 9.17) is 9.15 Å². The van der Waals surface area contributed by atoms with E-state index in [0.717, 1.165) is 22.7 Å². The molecule has 0 aliphatic carbocycles. The summed E-state index contributed by atoms with van der Waals surface area (Å²) in [6.07, 6.45) is 0.998. The Hall–Kier alpha value is -3.99. The fourth-order valence-corrected chi connectivity index (χ4v) is 4.10. The van der Waals surface area contributed by atoms with Gasteiger partial charge in [-0.1, -0.05) is 6.07 Å². The van der Waals surface area contributed by atoms with Gasteiger partial charge in [-0.25, -0.2) is 21.6 Å². The maximum absolute atomic E-state index is 13.6. The number of carbonyl (C=O) groups excluding carboxylic acids is 1. The molecule has 0 aliphatic rings. The predicted octanol–water partition coefficient (Wildman–Crippen LogP) is 4.85. The number of nitrogens with zero attached hydrogens (tertiary/aromatic N) is 1. The van der Waals surface area contributed by atoms with Gasteiger partial charge in [0.25, 0.3) is 5.91 Å². The maximum Gasteiger partial charge on any atom is 0.255 e. The van der Waals surface area contributed by atoms with E-state index in [1.165, 1.54) is 56.6 Å². The average Bonchev–Trinajstić information content (AvgIpc) is 3.21. The summed E-state index contributed by atoms with van der Waals surface area (Å²) in [7, 11) is -1.00. The van der Waals surface area contributed by atoms with Gasteiger partial charge < -0.3 is 14.5 Å². The molecule has 36 heavy (non-hydrogen) atoms. The van der Waals surface area contributed by atoms with Crippen LogP contribution in [0.4, 0.5) is 18.9 Å². The van der Waals surface area contributed by atoms with Crippen LogP contribution in [0.3, 0.4) is 0 Å². The molecule has 0 unspecified atom stereocenters. The summed E-state index contributed by atoms with van der Waals surface area (Å²) in [4.78, 5) is 12.8. The first-order valence-electron chi connectivity index (χ1n) is 10.6. The highest BCUT2D eigenvalue weighted by Crippen LogP contribution is 2.41. The molecule has 0 saturated heterocycles. The molecule has 0 spiro atoms. The zero-order chi connectivity index (χ0) is 26.2. The molecule has 188 valence electrons. The van der Waals surface area contributed by atoms with Gasteiger partial charge in [0.2, 0.25) is 10.0 Å². The Morgan fingerprint density at radius 1 is 1.03 bits per heavy atom. The molecule has 1 aromatic heterocycles. The monoisotopic (exact) mass is 518 g/mol. The minimum absolute atomic E-state index is 0.0526. The summed E-state index contributed by atoms with van der Waals surface area (Å²) in [5.74, 6) is -2.84. The Morgan fingerprint density at radius 2 is 1.72 bits per heavy atom. The SMILES string of the molecule is CNC(=O)c1c(-c2ccc(F)cc2)oc2cc(N(C)S(C)(=O)=O)c(OCc3ccc(F)c(F)c3)cc12. The molecule has 0 radical (unpaired) electrons. The van der Waals surface area contributed by atoms with Crippen molar-refractivity contribution in [1.29, 1.82) is 0 Å². The molecular formula is C25H21F3N2O5S. The van der Waals surface area contributed by atoms with E-state index >= 15 is 0 Å². The third-order valence-corrected chi connectivity index (χ3v) is 6.74. The highest BCUT2D eigenvalue weighted by Gasteiger charge is 2.26. The number of nitrogens with one attached hydrogen (secondary N) is 1. The molecule has 7 nitrogen and oxygen atoms in total. The lowest BCUT2D eigenvalue weighted by molar-refractivity contribution is 0.0964. The van der Waals surface area contributed by atoms with Gasteiger partial charge in [0.1, 0.15) is 29.5 Å². The molecule has 1 amide bonds. The van der Waals surface area contributed by atoms with Crippen LogP contribution in [-0.4, -0.2) is 34.7 Å². The smallest absolute Gasteiger partial charge is 0.255 e. The largest absolute Gasteiger partial charge is 0.487 e. The number of hydrogen-bond donors (Lipinski definition) is 1. The number of ether oxygens (including phenoxy) is 1. The minimum atomic E-state index is -3.74. The Labute approximate surface area is 205 Å². The van der Waals surface area contributed by atoms with Crippen molar-refractivity contribution in [2.24, 2.45) is 0 Å². The van der Waals surface area contributed by atoms with Crippen LogP contribution in [-0.2, 0) is 16.6 Å². The highest BCUT2D eigenvalue weighted by molar-refractivity contribution is 7.92. The molecule has 1 N–H and O–H groups in total. The van der Waals surface area contributed by atoms with Crippen LogP contribution in [0.1, 0.15) is 15.9 Å². The quantitative estimate of drug-likeness (QED) is 0.378. The molecule has 11 heteroatoms. The first kappa shape index (κ1) is 25.1. The van der Waals surface area contributed by atoms with Gasteiger partial charge in [-0.15, -0.1) is 0 Å². The van der Waals surface area contributed by atoms with Crippen molar-refractivity contribution >= 4 is 32.6 Å². The van der Waals surface area contributed by atoms with Gasteiger partial charge in [-0.2, -0.15) is 0 Å². The molecule has 0 bridgehead atoms. The number of sulfonamides is 1. The van der Waals surface area contributed by atoms with Crippen molar-refractivity contribution in [2.45, 2.75) is 6.61 Å². The third kappa shape index (κ3) is 4.87. The second-order valence-electron chi connectivity index (χ2n) is 7.98. The lowest BCUT2D eigenvalue weighted by atomic mass is 10.0. The van der Waals surface area contributed by atoms with Gasteiger partial charge in [-0.05, 0) is 48.0 Å². The van der Waals surface area contributed by atoms with Crippen molar-refractivity contribution < 1.29 is 35.5 Å². The number of amides is 1. The highest BCUT2D eigenvalue weighted by atomic mass is 32.2. The summed E-state index contributed by atoms with van der Waals surface area (Å²) >= 11 is 0. The van der Waals surface area contributed by atoms with Crippen molar-refractivity contribution in [3.63, 3.8) is 0 Å². The Kier molecular flexibility index (Phi) is 6.68. The summed E-state index contributed by atoms with van der Waals surface area (Å²) < 4.78 is 77.8. The summed E-state index contributed by atoms with van der Waals surface area (Å²) in [6, 6.07) is 11.4.